The zero-order chi connectivity index (χ0) is 16.4. The minimum atomic E-state index is 0.215. The van der Waals surface area contributed by atoms with Crippen LogP contribution in [0.5, 0.6) is 0 Å². The monoisotopic (exact) mass is 363 g/mol. The Hall–Kier alpha value is -1.71. The van der Waals surface area contributed by atoms with E-state index in [1.54, 1.807) is 23.1 Å². The number of oxazole rings is 1. The Bertz CT molecular complexity index is 793. The molecule has 0 radical (unpaired) electrons. The number of hydrogen-bond donors (Lipinski definition) is 0. The lowest BCUT2D eigenvalue weighted by Gasteiger charge is -2.09. The fraction of sp³-hybridized carbons (Fsp3) is 0.467. The van der Waals surface area contributed by atoms with Gasteiger partial charge in [0.2, 0.25) is 11.0 Å². The molecule has 1 fully saturated rings. The first-order valence-corrected chi connectivity index (χ1v) is 9.67. The zero-order valence-electron chi connectivity index (χ0n) is 13.2. The predicted octanol–water partition coefficient (Wildman–Crippen LogP) is 3.17. The maximum Gasteiger partial charge on any atom is 0.236 e. The third-order valence-corrected chi connectivity index (χ3v) is 5.69. The van der Waals surface area contributed by atoms with Crippen LogP contribution < -0.4 is 0 Å². The molecule has 0 aliphatic carbocycles. The van der Waals surface area contributed by atoms with Crippen molar-refractivity contribution in [1.82, 2.24) is 25.2 Å². The van der Waals surface area contributed by atoms with Crippen molar-refractivity contribution in [3.05, 3.63) is 29.0 Å². The van der Waals surface area contributed by atoms with Crippen LogP contribution in [0, 0.1) is 6.92 Å². The molecule has 1 atom stereocenters. The number of tetrazole rings is 1. The van der Waals surface area contributed by atoms with E-state index in [9.17, 15) is 0 Å². The molecule has 1 aliphatic rings. The molecule has 1 saturated heterocycles. The molecule has 0 saturated carbocycles. The summed E-state index contributed by atoms with van der Waals surface area (Å²) in [7, 11) is 0. The Balaban J connectivity index is 1.43. The SMILES string of the molecule is Cc1oc(-c2cccs2)nc1CSc1nnnn1CC1CCCO1. The first-order valence-electron chi connectivity index (χ1n) is 7.80. The van der Waals surface area contributed by atoms with Crippen LogP contribution in [0.3, 0.4) is 0 Å². The third kappa shape index (κ3) is 3.38. The van der Waals surface area contributed by atoms with Crippen molar-refractivity contribution >= 4 is 23.1 Å². The Morgan fingerprint density at radius 3 is 3.21 bits per heavy atom. The molecule has 7 nitrogen and oxygen atoms in total. The number of rotatable bonds is 6. The highest BCUT2D eigenvalue weighted by Crippen LogP contribution is 2.29. The summed E-state index contributed by atoms with van der Waals surface area (Å²) < 4.78 is 13.2. The number of nitrogens with zero attached hydrogens (tertiary/aromatic N) is 5. The van der Waals surface area contributed by atoms with Crippen molar-refractivity contribution in [3.63, 3.8) is 0 Å². The van der Waals surface area contributed by atoms with E-state index in [1.807, 2.05) is 29.1 Å². The summed E-state index contributed by atoms with van der Waals surface area (Å²) >= 11 is 3.19. The maximum absolute atomic E-state index is 5.77. The minimum Gasteiger partial charge on any atom is -0.440 e. The molecular formula is C15H17N5O2S2. The molecule has 4 heterocycles. The van der Waals surface area contributed by atoms with Gasteiger partial charge < -0.3 is 9.15 Å². The molecule has 4 rings (SSSR count). The first kappa shape index (κ1) is 15.8. The van der Waals surface area contributed by atoms with E-state index >= 15 is 0 Å². The van der Waals surface area contributed by atoms with E-state index in [4.69, 9.17) is 9.15 Å². The highest BCUT2D eigenvalue weighted by Gasteiger charge is 2.20. The predicted molar refractivity (Wildman–Crippen MR) is 90.9 cm³/mol. The number of aromatic nitrogens is 5. The molecule has 3 aromatic rings. The fourth-order valence-corrected chi connectivity index (χ4v) is 4.13. The standard InChI is InChI=1S/C15H17N5O2S2/c1-10-12(16-14(22-10)13-5-3-7-23-13)9-24-15-17-18-19-20(15)8-11-4-2-6-21-11/h3,5,7,11H,2,4,6,8-9H2,1H3. The quantitative estimate of drug-likeness (QED) is 0.622. The van der Waals surface area contributed by atoms with E-state index in [0.29, 0.717) is 18.2 Å². The van der Waals surface area contributed by atoms with Crippen molar-refractivity contribution in [2.75, 3.05) is 6.61 Å². The maximum atomic E-state index is 5.77. The molecule has 9 heteroatoms. The van der Waals surface area contributed by atoms with Crippen molar-refractivity contribution in [3.8, 4) is 10.8 Å². The molecule has 0 bridgehead atoms. The van der Waals surface area contributed by atoms with E-state index < -0.39 is 0 Å². The van der Waals surface area contributed by atoms with E-state index in [-0.39, 0.29) is 6.10 Å². The second-order valence-electron chi connectivity index (χ2n) is 5.57. The number of ether oxygens (including phenoxy) is 1. The highest BCUT2D eigenvalue weighted by molar-refractivity contribution is 7.98. The van der Waals surface area contributed by atoms with Gasteiger partial charge in [0, 0.05) is 12.4 Å². The van der Waals surface area contributed by atoms with Crippen LogP contribution in [-0.2, 0) is 17.0 Å². The van der Waals surface area contributed by atoms with Gasteiger partial charge in [-0.3, -0.25) is 0 Å². The van der Waals surface area contributed by atoms with Gasteiger partial charge >= 0.3 is 0 Å². The molecule has 0 amide bonds. The van der Waals surface area contributed by atoms with Crippen LogP contribution in [0.1, 0.15) is 24.3 Å². The molecule has 126 valence electrons. The summed E-state index contributed by atoms with van der Waals surface area (Å²) in [6.45, 7) is 3.47. The molecular weight excluding hydrogens is 346 g/mol. The average molecular weight is 363 g/mol. The lowest BCUT2D eigenvalue weighted by atomic mass is 10.2. The average Bonchev–Trinajstić information content (AvgIpc) is 3.35. The van der Waals surface area contributed by atoms with Gasteiger partial charge in [0.1, 0.15) is 5.76 Å². The Morgan fingerprint density at radius 2 is 2.42 bits per heavy atom. The topological polar surface area (TPSA) is 78.9 Å². The number of thioether (sulfide) groups is 1. The molecule has 1 unspecified atom stereocenters. The van der Waals surface area contributed by atoms with Crippen LogP contribution in [0.25, 0.3) is 10.8 Å². The van der Waals surface area contributed by atoms with Gasteiger partial charge in [-0.15, -0.1) is 16.4 Å². The van der Waals surface area contributed by atoms with E-state index in [2.05, 4.69) is 20.5 Å². The van der Waals surface area contributed by atoms with Crippen molar-refractivity contribution in [2.24, 2.45) is 0 Å². The molecule has 0 spiro atoms. The van der Waals surface area contributed by atoms with Gasteiger partial charge in [-0.2, -0.15) is 0 Å². The Kier molecular flexibility index (Phi) is 4.63. The summed E-state index contributed by atoms with van der Waals surface area (Å²) in [5, 5.41) is 14.8. The van der Waals surface area contributed by atoms with Crippen LogP contribution in [0.2, 0.25) is 0 Å². The van der Waals surface area contributed by atoms with Crippen molar-refractivity contribution in [1.29, 1.82) is 0 Å². The zero-order valence-corrected chi connectivity index (χ0v) is 14.8. The summed E-state index contributed by atoms with van der Waals surface area (Å²) in [5.74, 6) is 2.19. The molecule has 0 aromatic carbocycles. The first-order chi connectivity index (χ1) is 11.8. The number of aryl methyl sites for hydroxylation is 1. The summed E-state index contributed by atoms with van der Waals surface area (Å²) in [5.41, 5.74) is 0.926. The van der Waals surface area contributed by atoms with Crippen LogP contribution in [0.4, 0.5) is 0 Å². The van der Waals surface area contributed by atoms with Gasteiger partial charge in [0.15, 0.2) is 0 Å². The highest BCUT2D eigenvalue weighted by atomic mass is 32.2. The number of hydrogen-bond acceptors (Lipinski definition) is 8. The smallest absolute Gasteiger partial charge is 0.236 e. The third-order valence-electron chi connectivity index (χ3n) is 3.86. The molecule has 0 N–H and O–H groups in total. The molecule has 24 heavy (non-hydrogen) atoms. The van der Waals surface area contributed by atoms with Gasteiger partial charge in [-0.25, -0.2) is 9.67 Å². The van der Waals surface area contributed by atoms with Gasteiger partial charge in [0.05, 0.1) is 23.2 Å². The summed E-state index contributed by atoms with van der Waals surface area (Å²) in [4.78, 5) is 5.64. The second kappa shape index (κ2) is 7.04. The molecule has 3 aromatic heterocycles. The fourth-order valence-electron chi connectivity index (χ4n) is 2.60. The lowest BCUT2D eigenvalue weighted by molar-refractivity contribution is 0.0912. The minimum absolute atomic E-state index is 0.215. The van der Waals surface area contributed by atoms with Gasteiger partial charge in [-0.1, -0.05) is 17.8 Å². The summed E-state index contributed by atoms with van der Waals surface area (Å²) in [6, 6.07) is 4.00. The normalized spacial score (nSPS) is 17.6. The summed E-state index contributed by atoms with van der Waals surface area (Å²) in [6.07, 6.45) is 2.39. The van der Waals surface area contributed by atoms with Crippen LogP contribution >= 0.6 is 23.1 Å². The van der Waals surface area contributed by atoms with Crippen molar-refractivity contribution in [2.45, 2.75) is 43.3 Å². The Labute approximate surface area is 147 Å². The second-order valence-corrected chi connectivity index (χ2v) is 7.46. The van der Waals surface area contributed by atoms with Crippen molar-refractivity contribution < 1.29 is 9.15 Å². The van der Waals surface area contributed by atoms with Crippen LogP contribution in [0.15, 0.2) is 27.1 Å². The van der Waals surface area contributed by atoms with E-state index in [0.717, 1.165) is 40.9 Å². The largest absolute Gasteiger partial charge is 0.440 e. The lowest BCUT2D eigenvalue weighted by Crippen LogP contribution is -2.16. The van der Waals surface area contributed by atoms with Gasteiger partial charge in [0.25, 0.3) is 0 Å². The van der Waals surface area contributed by atoms with Crippen LogP contribution in [-0.4, -0.2) is 37.9 Å². The Morgan fingerprint density at radius 1 is 1.46 bits per heavy atom. The number of thiophene rings is 1. The molecule has 1 aliphatic heterocycles. The van der Waals surface area contributed by atoms with E-state index in [1.165, 1.54) is 0 Å². The van der Waals surface area contributed by atoms with Gasteiger partial charge in [-0.05, 0) is 41.6 Å².